The van der Waals surface area contributed by atoms with Crippen LogP contribution in [-0.2, 0) is 30.8 Å². The van der Waals surface area contributed by atoms with Crippen molar-refractivity contribution >= 4 is 35.8 Å². The molecule has 2 aliphatic rings. The SMILES string of the molecule is CCNC(=NCCCC(=O)N1Cc2ccccc2C1)NC1CCc2ncnn2C1.I. The summed E-state index contributed by atoms with van der Waals surface area (Å²) in [6, 6.07) is 8.56. The first kappa shape index (κ1) is 22.5. The standard InChI is InChI=1S/C21H29N7O.HI/c1-2-22-21(26-18-9-10-19-24-15-25-28(19)14-18)23-11-5-8-20(29)27-12-16-6-3-4-7-17(16)13-27;/h3-4,6-7,15,18H,2,5,8-14H2,1H3,(H2,22,23,26);1H. The van der Waals surface area contributed by atoms with E-state index in [1.54, 1.807) is 6.33 Å². The molecule has 1 unspecified atom stereocenters. The Morgan fingerprint density at radius 1 is 1.27 bits per heavy atom. The largest absolute Gasteiger partial charge is 0.357 e. The Hall–Kier alpha value is -2.17. The van der Waals surface area contributed by atoms with Gasteiger partial charge in [0.15, 0.2) is 5.96 Å². The van der Waals surface area contributed by atoms with E-state index in [0.29, 0.717) is 13.0 Å². The van der Waals surface area contributed by atoms with Gasteiger partial charge in [-0.05, 0) is 30.9 Å². The molecule has 9 heteroatoms. The number of amides is 1. The van der Waals surface area contributed by atoms with E-state index in [1.807, 2.05) is 21.7 Å². The van der Waals surface area contributed by atoms with Crippen molar-refractivity contribution in [3.05, 3.63) is 47.5 Å². The summed E-state index contributed by atoms with van der Waals surface area (Å²) in [5.74, 6) is 2.06. The maximum Gasteiger partial charge on any atom is 0.223 e. The summed E-state index contributed by atoms with van der Waals surface area (Å²) < 4.78 is 1.96. The Morgan fingerprint density at radius 2 is 2.03 bits per heavy atom. The average Bonchev–Trinajstić information content (AvgIpc) is 3.37. The van der Waals surface area contributed by atoms with Crippen molar-refractivity contribution in [2.75, 3.05) is 13.1 Å². The molecule has 2 aliphatic heterocycles. The molecule has 30 heavy (non-hydrogen) atoms. The van der Waals surface area contributed by atoms with Crippen molar-refractivity contribution in [3.63, 3.8) is 0 Å². The average molecular weight is 523 g/mol. The van der Waals surface area contributed by atoms with Crippen molar-refractivity contribution < 1.29 is 4.79 Å². The number of nitrogens with one attached hydrogen (secondary N) is 2. The molecular weight excluding hydrogens is 493 g/mol. The topological polar surface area (TPSA) is 87.4 Å². The minimum absolute atomic E-state index is 0. The molecule has 0 spiro atoms. The summed E-state index contributed by atoms with van der Waals surface area (Å²) in [7, 11) is 0. The third-order valence-electron chi connectivity index (χ3n) is 5.50. The third kappa shape index (κ3) is 5.50. The van der Waals surface area contributed by atoms with Crippen LogP contribution >= 0.6 is 24.0 Å². The first-order valence-corrected chi connectivity index (χ1v) is 10.5. The molecule has 0 fully saturated rings. The minimum atomic E-state index is 0. The number of rotatable bonds is 6. The number of fused-ring (bicyclic) bond motifs is 2. The molecule has 4 rings (SSSR count). The normalized spacial score (nSPS) is 17.7. The monoisotopic (exact) mass is 523 g/mol. The van der Waals surface area contributed by atoms with Crippen LogP contribution in [0.25, 0.3) is 0 Å². The molecule has 1 aromatic heterocycles. The molecule has 8 nitrogen and oxygen atoms in total. The Morgan fingerprint density at radius 3 is 2.77 bits per heavy atom. The van der Waals surface area contributed by atoms with Crippen molar-refractivity contribution in [2.45, 2.75) is 58.3 Å². The summed E-state index contributed by atoms with van der Waals surface area (Å²) in [6.07, 6.45) is 4.83. The molecular formula is C21H30IN7O. The first-order chi connectivity index (χ1) is 14.2. The molecule has 1 atom stereocenters. The van der Waals surface area contributed by atoms with Gasteiger partial charge >= 0.3 is 0 Å². The minimum Gasteiger partial charge on any atom is -0.357 e. The van der Waals surface area contributed by atoms with Gasteiger partial charge in [-0.15, -0.1) is 24.0 Å². The van der Waals surface area contributed by atoms with Crippen LogP contribution in [0.1, 0.15) is 43.1 Å². The van der Waals surface area contributed by atoms with Gasteiger partial charge in [-0.1, -0.05) is 24.3 Å². The highest BCUT2D eigenvalue weighted by molar-refractivity contribution is 14.0. The highest BCUT2D eigenvalue weighted by atomic mass is 127. The molecule has 162 valence electrons. The second-order valence-electron chi connectivity index (χ2n) is 7.62. The number of aryl methyl sites for hydroxylation is 1. The van der Waals surface area contributed by atoms with E-state index in [2.05, 4.69) is 44.8 Å². The van der Waals surface area contributed by atoms with Crippen LogP contribution in [0.4, 0.5) is 0 Å². The molecule has 0 saturated heterocycles. The molecule has 0 aliphatic carbocycles. The number of benzene rings is 1. The number of aliphatic imine (C=N–C) groups is 1. The van der Waals surface area contributed by atoms with E-state index >= 15 is 0 Å². The predicted octanol–water partition coefficient (Wildman–Crippen LogP) is 2.09. The lowest BCUT2D eigenvalue weighted by Gasteiger charge is -2.25. The number of hydrogen-bond donors (Lipinski definition) is 2. The smallest absolute Gasteiger partial charge is 0.223 e. The zero-order valence-electron chi connectivity index (χ0n) is 17.4. The van der Waals surface area contributed by atoms with Crippen LogP contribution < -0.4 is 10.6 Å². The Kier molecular flexibility index (Phi) is 8.06. The third-order valence-corrected chi connectivity index (χ3v) is 5.50. The molecule has 0 saturated carbocycles. The maximum absolute atomic E-state index is 12.5. The highest BCUT2D eigenvalue weighted by Gasteiger charge is 2.22. The zero-order valence-corrected chi connectivity index (χ0v) is 19.7. The van der Waals surface area contributed by atoms with Gasteiger partial charge in [-0.2, -0.15) is 5.10 Å². The fourth-order valence-electron chi connectivity index (χ4n) is 3.96. The van der Waals surface area contributed by atoms with Crippen LogP contribution in [0.3, 0.4) is 0 Å². The molecule has 0 radical (unpaired) electrons. The molecule has 1 aromatic carbocycles. The lowest BCUT2D eigenvalue weighted by molar-refractivity contribution is -0.131. The van der Waals surface area contributed by atoms with E-state index in [4.69, 9.17) is 0 Å². The summed E-state index contributed by atoms with van der Waals surface area (Å²) in [4.78, 5) is 23.4. The predicted molar refractivity (Wildman–Crippen MR) is 127 cm³/mol. The van der Waals surface area contributed by atoms with Crippen LogP contribution in [-0.4, -0.2) is 50.7 Å². The van der Waals surface area contributed by atoms with E-state index in [1.165, 1.54) is 11.1 Å². The van der Waals surface area contributed by atoms with Crippen LogP contribution in [0.15, 0.2) is 35.6 Å². The van der Waals surface area contributed by atoms with Crippen LogP contribution in [0, 0.1) is 0 Å². The number of carbonyl (C=O) groups excluding carboxylic acids is 1. The maximum atomic E-state index is 12.5. The van der Waals surface area contributed by atoms with Gasteiger partial charge in [0.1, 0.15) is 12.2 Å². The molecule has 2 aromatic rings. The summed E-state index contributed by atoms with van der Waals surface area (Å²) in [5.41, 5.74) is 2.53. The van der Waals surface area contributed by atoms with Gasteiger partial charge in [0, 0.05) is 45.1 Å². The van der Waals surface area contributed by atoms with Crippen molar-refractivity contribution in [1.82, 2.24) is 30.3 Å². The van der Waals surface area contributed by atoms with E-state index in [-0.39, 0.29) is 35.9 Å². The van der Waals surface area contributed by atoms with Gasteiger partial charge in [-0.3, -0.25) is 9.79 Å². The fourth-order valence-corrected chi connectivity index (χ4v) is 3.96. The van der Waals surface area contributed by atoms with E-state index < -0.39 is 0 Å². The van der Waals surface area contributed by atoms with Crippen LogP contribution in [0.5, 0.6) is 0 Å². The van der Waals surface area contributed by atoms with Gasteiger partial charge in [0.2, 0.25) is 5.91 Å². The van der Waals surface area contributed by atoms with E-state index in [0.717, 1.165) is 57.2 Å². The second-order valence-corrected chi connectivity index (χ2v) is 7.62. The van der Waals surface area contributed by atoms with Gasteiger partial charge in [0.05, 0.1) is 6.54 Å². The zero-order chi connectivity index (χ0) is 20.1. The van der Waals surface area contributed by atoms with Gasteiger partial charge < -0.3 is 15.5 Å². The molecule has 3 heterocycles. The highest BCUT2D eigenvalue weighted by Crippen LogP contribution is 2.22. The Labute approximate surface area is 194 Å². The lowest BCUT2D eigenvalue weighted by Crippen LogP contribution is -2.47. The molecule has 0 bridgehead atoms. The lowest BCUT2D eigenvalue weighted by atomic mass is 10.1. The number of halogens is 1. The van der Waals surface area contributed by atoms with Gasteiger partial charge in [0.25, 0.3) is 0 Å². The first-order valence-electron chi connectivity index (χ1n) is 10.5. The number of aromatic nitrogens is 3. The summed E-state index contributed by atoms with van der Waals surface area (Å²) in [5, 5.41) is 11.1. The molecule has 2 N–H and O–H groups in total. The van der Waals surface area contributed by atoms with Crippen molar-refractivity contribution in [3.8, 4) is 0 Å². The number of nitrogens with zero attached hydrogens (tertiary/aromatic N) is 5. The molecule has 1 amide bonds. The van der Waals surface area contributed by atoms with Crippen LogP contribution in [0.2, 0.25) is 0 Å². The number of carbonyl (C=O) groups is 1. The Balaban J connectivity index is 0.00000256. The number of guanidine groups is 1. The Bertz CT molecular complexity index is 857. The summed E-state index contributed by atoms with van der Waals surface area (Å²) in [6.45, 7) is 5.75. The number of hydrogen-bond acceptors (Lipinski definition) is 4. The summed E-state index contributed by atoms with van der Waals surface area (Å²) >= 11 is 0. The van der Waals surface area contributed by atoms with Crippen molar-refractivity contribution in [1.29, 1.82) is 0 Å². The van der Waals surface area contributed by atoms with E-state index in [9.17, 15) is 4.79 Å². The van der Waals surface area contributed by atoms with Gasteiger partial charge in [-0.25, -0.2) is 9.67 Å². The quantitative estimate of drug-likeness (QED) is 0.262. The van der Waals surface area contributed by atoms with Crippen molar-refractivity contribution in [2.24, 2.45) is 4.99 Å². The second kappa shape index (κ2) is 10.7. The fraction of sp³-hybridized carbons (Fsp3) is 0.524.